The van der Waals surface area contributed by atoms with E-state index in [2.05, 4.69) is 0 Å². The van der Waals surface area contributed by atoms with E-state index >= 15 is 0 Å². The Hall–Kier alpha value is -3.59. The molecular weight excluding hydrogens is 623 g/mol. The van der Waals surface area contributed by atoms with Crippen molar-refractivity contribution in [2.75, 3.05) is 18.0 Å². The molecule has 0 bridgehead atoms. The molecule has 1 amide bonds. The average molecular weight is 655 g/mol. The summed E-state index contributed by atoms with van der Waals surface area (Å²) in [6.45, 7) is -1.09. The Bertz CT molecular complexity index is 1670. The van der Waals surface area contributed by atoms with E-state index in [1.807, 2.05) is 24.3 Å². The summed E-state index contributed by atoms with van der Waals surface area (Å²) >= 11 is 0. The number of rotatable bonds is 8. The molecule has 1 saturated carbocycles. The Morgan fingerprint density at radius 1 is 0.867 bits per heavy atom. The highest BCUT2D eigenvalue weighted by molar-refractivity contribution is 7.89. The molecular formula is C31H31F5N2O6S. The molecule has 2 fully saturated rings. The molecule has 1 saturated heterocycles. The molecule has 0 spiro atoms. The van der Waals surface area contributed by atoms with E-state index in [1.165, 1.54) is 29.0 Å². The lowest BCUT2D eigenvalue weighted by Crippen LogP contribution is -2.38. The molecule has 2 aliphatic rings. The van der Waals surface area contributed by atoms with Gasteiger partial charge in [-0.1, -0.05) is 43.5 Å². The van der Waals surface area contributed by atoms with E-state index < -0.39 is 81.0 Å². The summed E-state index contributed by atoms with van der Waals surface area (Å²) in [4.78, 5) is 13.2. The van der Waals surface area contributed by atoms with Crippen molar-refractivity contribution in [2.45, 2.75) is 62.2 Å². The molecule has 1 heterocycles. The number of sulfonamides is 1. The van der Waals surface area contributed by atoms with E-state index in [9.17, 15) is 50.5 Å². The number of aliphatic hydroxyl groups excluding tert-OH is 1. The van der Waals surface area contributed by atoms with Gasteiger partial charge in [-0.05, 0) is 48.4 Å². The number of halogens is 5. The molecule has 8 nitrogen and oxygen atoms in total. The summed E-state index contributed by atoms with van der Waals surface area (Å²) in [6, 6.07) is 11.4. The molecule has 14 heteroatoms. The summed E-state index contributed by atoms with van der Waals surface area (Å²) in [5, 5.41) is 29.4. The van der Waals surface area contributed by atoms with Crippen LogP contribution in [0.5, 0.6) is 5.75 Å². The number of hydrogen-bond acceptors (Lipinski definition) is 6. The van der Waals surface area contributed by atoms with Gasteiger partial charge < -0.3 is 20.2 Å². The largest absolute Gasteiger partial charge is 0.507 e. The Kier molecular flexibility index (Phi) is 9.49. The van der Waals surface area contributed by atoms with Crippen LogP contribution >= 0.6 is 0 Å². The quantitative estimate of drug-likeness (QED) is 0.130. The first kappa shape index (κ1) is 32.8. The lowest BCUT2D eigenvalue weighted by atomic mass is 9.84. The third-order valence-electron chi connectivity index (χ3n) is 8.53. The van der Waals surface area contributed by atoms with E-state index in [0.717, 1.165) is 31.7 Å². The van der Waals surface area contributed by atoms with Gasteiger partial charge in [0.15, 0.2) is 34.5 Å². The second-order valence-corrected chi connectivity index (χ2v) is 13.2. The Balaban J connectivity index is 1.43. The number of aromatic hydroxyl groups is 1. The lowest BCUT2D eigenvalue weighted by molar-refractivity contribution is -0.122. The molecule has 242 valence electrons. The van der Waals surface area contributed by atoms with Crippen molar-refractivity contribution in [2.24, 2.45) is 5.92 Å². The van der Waals surface area contributed by atoms with E-state index in [-0.39, 0.29) is 24.2 Å². The fraction of sp³-hybridized carbons (Fsp3) is 0.387. The number of phenolic OH excluding ortho intramolecular Hbond substituents is 1. The highest BCUT2D eigenvalue weighted by Gasteiger charge is 2.42. The molecule has 5 rings (SSSR count). The second kappa shape index (κ2) is 13.0. The van der Waals surface area contributed by atoms with Crippen LogP contribution in [0.15, 0.2) is 47.4 Å². The van der Waals surface area contributed by atoms with Gasteiger partial charge in [-0.15, -0.1) is 0 Å². The Labute approximate surface area is 256 Å². The third kappa shape index (κ3) is 6.41. The van der Waals surface area contributed by atoms with Crippen LogP contribution in [-0.4, -0.2) is 47.0 Å². The van der Waals surface area contributed by atoms with Crippen molar-refractivity contribution >= 4 is 21.6 Å². The fourth-order valence-corrected chi connectivity index (χ4v) is 7.65. The minimum absolute atomic E-state index is 0.0366. The van der Waals surface area contributed by atoms with E-state index in [0.29, 0.717) is 15.8 Å². The third-order valence-corrected chi connectivity index (χ3v) is 10.4. The molecule has 1 atom stereocenters. The maximum absolute atomic E-state index is 14.4. The van der Waals surface area contributed by atoms with Crippen molar-refractivity contribution in [3.63, 3.8) is 0 Å². The Morgan fingerprint density at radius 3 is 2.04 bits per heavy atom. The number of carbonyl (C=O) groups is 1. The van der Waals surface area contributed by atoms with Crippen LogP contribution < -0.4 is 4.90 Å². The number of amides is 1. The van der Waals surface area contributed by atoms with Crippen molar-refractivity contribution < 1.29 is 50.5 Å². The predicted octanol–water partition coefficient (Wildman–Crippen LogP) is 5.36. The van der Waals surface area contributed by atoms with E-state index in [1.54, 1.807) is 0 Å². The molecule has 1 aliphatic carbocycles. The van der Waals surface area contributed by atoms with Crippen LogP contribution in [0.4, 0.5) is 27.6 Å². The van der Waals surface area contributed by atoms with E-state index in [4.69, 9.17) is 0 Å². The number of phenols is 1. The van der Waals surface area contributed by atoms with Gasteiger partial charge in [0.1, 0.15) is 5.75 Å². The van der Waals surface area contributed by atoms with Crippen molar-refractivity contribution in [1.82, 2.24) is 4.31 Å². The van der Waals surface area contributed by atoms with Crippen molar-refractivity contribution in [3.05, 3.63) is 88.2 Å². The molecule has 1 aliphatic heterocycles. The van der Waals surface area contributed by atoms with Gasteiger partial charge >= 0.3 is 0 Å². The maximum Gasteiger partial charge on any atom is 0.249 e. The van der Waals surface area contributed by atoms with Gasteiger partial charge in [0, 0.05) is 30.4 Å². The molecule has 45 heavy (non-hydrogen) atoms. The molecule has 0 radical (unpaired) electrons. The molecule has 0 aromatic heterocycles. The minimum Gasteiger partial charge on any atom is -0.507 e. The van der Waals surface area contributed by atoms with Gasteiger partial charge in [-0.2, -0.15) is 4.31 Å². The van der Waals surface area contributed by atoms with Gasteiger partial charge in [0.25, 0.3) is 0 Å². The molecule has 3 aromatic carbocycles. The zero-order valence-electron chi connectivity index (χ0n) is 23.9. The maximum atomic E-state index is 14.4. The highest BCUT2D eigenvalue weighted by Crippen LogP contribution is 2.36. The summed E-state index contributed by atoms with van der Waals surface area (Å²) < 4.78 is 96.6. The zero-order valence-corrected chi connectivity index (χ0v) is 24.7. The lowest BCUT2D eigenvalue weighted by Gasteiger charge is -2.27. The standard InChI is InChI=1S/C31H31F5N2O6S/c32-24-25(33)27(35)29(28(36)26(24)34)45(43,44)37-13-12-20(16-37)30(40)38(21-10-11-22(31(41)42)23(39)14-21)15-17-6-8-19(9-7-17)18-4-2-1-3-5-18/h6-11,14,18,20,31,39,41-42H,1-5,12-13,15-16H2/t20-/m1/s1. The van der Waals surface area contributed by atoms with Crippen LogP contribution in [0.2, 0.25) is 0 Å². The van der Waals surface area contributed by atoms with Gasteiger partial charge in [0.2, 0.25) is 21.7 Å². The van der Waals surface area contributed by atoms with Gasteiger partial charge in [-0.3, -0.25) is 4.79 Å². The molecule has 0 unspecified atom stereocenters. The number of nitrogens with zero attached hydrogens (tertiary/aromatic N) is 2. The minimum atomic E-state index is -5.24. The van der Waals surface area contributed by atoms with Crippen molar-refractivity contribution in [1.29, 1.82) is 0 Å². The van der Waals surface area contributed by atoms with Gasteiger partial charge in [-0.25, -0.2) is 30.4 Å². The number of hydrogen-bond donors (Lipinski definition) is 3. The Morgan fingerprint density at radius 2 is 1.47 bits per heavy atom. The normalized spacial score (nSPS) is 18.1. The molecule has 3 N–H and O–H groups in total. The first-order valence-electron chi connectivity index (χ1n) is 14.4. The van der Waals surface area contributed by atoms with Gasteiger partial charge in [0.05, 0.1) is 12.5 Å². The SMILES string of the molecule is O=C([C@@H]1CCN(S(=O)(=O)c2c(F)c(F)c(F)c(F)c2F)C1)N(Cc1ccc(C2CCCCC2)cc1)c1ccc(C(O)O)c(O)c1. The highest BCUT2D eigenvalue weighted by atomic mass is 32.2. The van der Waals surface area contributed by atoms with Crippen LogP contribution in [-0.2, 0) is 21.4 Å². The number of benzene rings is 3. The predicted molar refractivity (Wildman–Crippen MR) is 152 cm³/mol. The number of carbonyl (C=O) groups excluding carboxylic acids is 1. The summed E-state index contributed by atoms with van der Waals surface area (Å²) in [6.07, 6.45) is 3.53. The fourth-order valence-electron chi connectivity index (χ4n) is 6.04. The van der Waals surface area contributed by atoms with Crippen LogP contribution in [0.3, 0.4) is 0 Å². The smallest absolute Gasteiger partial charge is 0.249 e. The number of aliphatic hydroxyl groups is 2. The van der Waals surface area contributed by atoms with Crippen LogP contribution in [0.1, 0.15) is 67.4 Å². The molecule has 3 aromatic rings. The van der Waals surface area contributed by atoms with Crippen LogP contribution in [0.25, 0.3) is 0 Å². The zero-order chi connectivity index (χ0) is 32.6. The second-order valence-electron chi connectivity index (χ2n) is 11.4. The number of anilines is 1. The summed E-state index contributed by atoms with van der Waals surface area (Å²) in [5.41, 5.74) is 1.78. The van der Waals surface area contributed by atoms with Crippen molar-refractivity contribution in [3.8, 4) is 5.75 Å². The topological polar surface area (TPSA) is 118 Å². The first-order valence-corrected chi connectivity index (χ1v) is 15.9. The van der Waals surface area contributed by atoms with Crippen LogP contribution in [0, 0.1) is 35.0 Å². The first-order chi connectivity index (χ1) is 21.3. The summed E-state index contributed by atoms with van der Waals surface area (Å²) in [5.74, 6) is -14.1. The monoisotopic (exact) mass is 654 g/mol. The summed E-state index contributed by atoms with van der Waals surface area (Å²) in [7, 11) is -5.24. The average Bonchev–Trinajstić information content (AvgIpc) is 3.53.